The van der Waals surface area contributed by atoms with Crippen molar-refractivity contribution in [1.29, 1.82) is 0 Å². The van der Waals surface area contributed by atoms with Crippen molar-refractivity contribution in [2.24, 2.45) is 0 Å². The highest BCUT2D eigenvalue weighted by Gasteiger charge is 2.34. The second-order valence-corrected chi connectivity index (χ2v) is 10.8. The van der Waals surface area contributed by atoms with Gasteiger partial charge in [0.2, 0.25) is 11.8 Å². The first-order valence-electron chi connectivity index (χ1n) is 13.5. The number of carbonyl (C=O) groups is 1. The van der Waals surface area contributed by atoms with E-state index in [1.807, 2.05) is 20.0 Å². The van der Waals surface area contributed by atoms with E-state index in [0.29, 0.717) is 72.6 Å². The SMILES string of the molecule is C=CC(=O)N1CCN(c2nc(O[C@@H]3CN(C)C[C@H]3OC)nc3c(Oc4c(Cl)c(F)cc5[nH]ncc45)nc(C)cc23)CC1. The summed E-state index contributed by atoms with van der Waals surface area (Å²) in [6.45, 7) is 8.80. The third kappa shape index (κ3) is 5.19. The van der Waals surface area contributed by atoms with Gasteiger partial charge in [0.1, 0.15) is 34.4 Å². The van der Waals surface area contributed by atoms with Gasteiger partial charge in [-0.1, -0.05) is 18.2 Å². The van der Waals surface area contributed by atoms with Gasteiger partial charge in [-0.3, -0.25) is 14.8 Å². The zero-order chi connectivity index (χ0) is 29.5. The van der Waals surface area contributed by atoms with Crippen molar-refractivity contribution in [2.45, 2.75) is 19.1 Å². The molecule has 3 aromatic heterocycles. The lowest BCUT2D eigenvalue weighted by atomic mass is 10.2. The standard InChI is InChI=1S/C28H30ClFN8O4/c1-5-22(39)37-6-8-38(9-7-37)26-16-10-15(2)32-27(42-25-17-12-31-35-19(17)11-18(30)23(25)29)24(16)33-28(34-26)41-21-14-36(3)13-20(21)40-4/h5,10-12,20-21H,1,6-9,13-14H2,2-4H3,(H,31,35)/t20-,21-/m1/s1. The Morgan fingerprint density at radius 1 is 1.14 bits per heavy atom. The van der Waals surface area contributed by atoms with Gasteiger partial charge in [0.15, 0.2) is 5.75 Å². The Morgan fingerprint density at radius 3 is 2.64 bits per heavy atom. The Morgan fingerprint density at radius 2 is 1.90 bits per heavy atom. The van der Waals surface area contributed by atoms with Gasteiger partial charge in [0.25, 0.3) is 0 Å². The summed E-state index contributed by atoms with van der Waals surface area (Å²) in [5.74, 6) is 0.00453. The maximum atomic E-state index is 14.7. The minimum atomic E-state index is -0.664. The number of carbonyl (C=O) groups excluding carboxylic acids is 1. The van der Waals surface area contributed by atoms with Crippen LogP contribution in [0.2, 0.25) is 5.02 Å². The highest BCUT2D eigenvalue weighted by atomic mass is 35.5. The molecule has 2 atom stereocenters. The Labute approximate surface area is 246 Å². The molecule has 0 unspecified atom stereocenters. The fraction of sp³-hybridized carbons (Fsp3) is 0.393. The third-order valence-corrected chi connectivity index (χ3v) is 7.91. The number of hydrogen-bond acceptors (Lipinski definition) is 10. The number of piperazine rings is 1. The number of halogens is 2. The first-order chi connectivity index (χ1) is 20.2. The predicted molar refractivity (Wildman–Crippen MR) is 155 cm³/mol. The number of hydrogen-bond donors (Lipinski definition) is 1. The zero-order valence-electron chi connectivity index (χ0n) is 23.4. The second kappa shape index (κ2) is 11.3. The molecule has 0 saturated carbocycles. The number of aromatic amines is 1. The molecule has 2 aliphatic rings. The lowest BCUT2D eigenvalue weighted by molar-refractivity contribution is -0.126. The Balaban J connectivity index is 1.46. The van der Waals surface area contributed by atoms with Crippen molar-refractivity contribution >= 4 is 45.1 Å². The number of likely N-dealkylation sites (tertiary alicyclic amines) is 1. The molecule has 2 aliphatic heterocycles. The van der Waals surface area contributed by atoms with E-state index in [4.69, 9.17) is 35.8 Å². The maximum absolute atomic E-state index is 14.7. The molecule has 0 aliphatic carbocycles. The van der Waals surface area contributed by atoms with Crippen molar-refractivity contribution in [3.05, 3.63) is 47.5 Å². The fourth-order valence-electron chi connectivity index (χ4n) is 5.42. The summed E-state index contributed by atoms with van der Waals surface area (Å²) in [7, 11) is 3.64. The topological polar surface area (TPSA) is 122 Å². The molecule has 0 spiro atoms. The summed E-state index contributed by atoms with van der Waals surface area (Å²) in [5, 5.41) is 7.70. The van der Waals surface area contributed by atoms with Crippen LogP contribution < -0.4 is 14.4 Å². The minimum absolute atomic E-state index is 0.0656. The molecule has 1 N–H and O–H groups in total. The van der Waals surface area contributed by atoms with Crippen LogP contribution in [0.1, 0.15) is 5.69 Å². The molecule has 220 valence electrons. The molecule has 12 nitrogen and oxygen atoms in total. The molecule has 14 heteroatoms. The number of methoxy groups -OCH3 is 1. The monoisotopic (exact) mass is 596 g/mol. The average Bonchev–Trinajstić information content (AvgIpc) is 3.60. The second-order valence-electron chi connectivity index (χ2n) is 10.4. The Hall–Kier alpha value is -4.07. The molecule has 2 saturated heterocycles. The largest absolute Gasteiger partial charge is 0.456 e. The van der Waals surface area contributed by atoms with Crippen LogP contribution >= 0.6 is 11.6 Å². The molecule has 0 bridgehead atoms. The van der Waals surface area contributed by atoms with E-state index in [1.54, 1.807) is 12.0 Å². The number of likely N-dealkylation sites (N-methyl/N-ethyl adjacent to an activating group) is 1. The van der Waals surface area contributed by atoms with E-state index in [2.05, 4.69) is 31.6 Å². The number of aromatic nitrogens is 5. The summed E-state index contributed by atoms with van der Waals surface area (Å²) in [4.78, 5) is 32.3. The highest BCUT2D eigenvalue weighted by Crippen LogP contribution is 2.40. The summed E-state index contributed by atoms with van der Waals surface area (Å²) < 4.78 is 32.9. The van der Waals surface area contributed by atoms with Crippen LogP contribution in [0.25, 0.3) is 21.8 Å². The van der Waals surface area contributed by atoms with E-state index in [0.717, 1.165) is 0 Å². The highest BCUT2D eigenvalue weighted by molar-refractivity contribution is 6.33. The van der Waals surface area contributed by atoms with Crippen LogP contribution in [0.15, 0.2) is 31.0 Å². The lowest BCUT2D eigenvalue weighted by Gasteiger charge is -2.35. The fourth-order valence-corrected chi connectivity index (χ4v) is 5.61. The van der Waals surface area contributed by atoms with Crippen LogP contribution in [-0.2, 0) is 9.53 Å². The molecule has 1 aromatic carbocycles. The quantitative estimate of drug-likeness (QED) is 0.318. The minimum Gasteiger partial charge on any atom is -0.456 e. The van der Waals surface area contributed by atoms with Gasteiger partial charge in [-0.2, -0.15) is 15.1 Å². The van der Waals surface area contributed by atoms with Gasteiger partial charge >= 0.3 is 6.01 Å². The number of H-pyrrole nitrogens is 1. The first kappa shape index (κ1) is 28.1. The van der Waals surface area contributed by atoms with Gasteiger partial charge in [-0.15, -0.1) is 0 Å². The molecule has 5 heterocycles. The van der Waals surface area contributed by atoms with E-state index in [1.165, 1.54) is 18.3 Å². The van der Waals surface area contributed by atoms with E-state index >= 15 is 0 Å². The number of anilines is 1. The zero-order valence-corrected chi connectivity index (χ0v) is 24.2. The Bertz CT molecular complexity index is 1680. The summed E-state index contributed by atoms with van der Waals surface area (Å²) in [6.07, 6.45) is 2.35. The number of ether oxygens (including phenoxy) is 3. The van der Waals surface area contributed by atoms with Crippen LogP contribution in [-0.4, -0.2) is 106 Å². The first-order valence-corrected chi connectivity index (χ1v) is 13.9. The summed E-state index contributed by atoms with van der Waals surface area (Å²) >= 11 is 6.37. The number of fused-ring (bicyclic) bond motifs is 2. The Kier molecular flexibility index (Phi) is 7.56. The number of nitrogens with zero attached hydrogens (tertiary/aromatic N) is 7. The molecule has 2 fully saturated rings. The van der Waals surface area contributed by atoms with E-state index in [9.17, 15) is 9.18 Å². The van der Waals surface area contributed by atoms with Gasteiger partial charge in [-0.25, -0.2) is 9.37 Å². The number of benzene rings is 1. The number of rotatable bonds is 7. The average molecular weight is 597 g/mol. The molecule has 42 heavy (non-hydrogen) atoms. The van der Waals surface area contributed by atoms with Crippen molar-refractivity contribution in [3.8, 4) is 17.6 Å². The predicted octanol–water partition coefficient (Wildman–Crippen LogP) is 3.34. The molecular formula is C28H30ClFN8O4. The summed E-state index contributed by atoms with van der Waals surface area (Å²) in [5.41, 5.74) is 1.41. The molecule has 1 amide bonds. The van der Waals surface area contributed by atoms with Crippen LogP contribution in [0.5, 0.6) is 17.6 Å². The van der Waals surface area contributed by atoms with E-state index in [-0.39, 0.29) is 40.8 Å². The van der Waals surface area contributed by atoms with Crippen molar-refractivity contribution in [2.75, 3.05) is 58.3 Å². The van der Waals surface area contributed by atoms with Crippen molar-refractivity contribution in [3.63, 3.8) is 0 Å². The lowest BCUT2D eigenvalue weighted by Crippen LogP contribution is -2.48. The number of nitrogens with one attached hydrogen (secondary N) is 1. The molecule has 0 radical (unpaired) electrons. The van der Waals surface area contributed by atoms with Crippen LogP contribution in [0.4, 0.5) is 10.2 Å². The number of aryl methyl sites for hydroxylation is 1. The van der Waals surface area contributed by atoms with Crippen molar-refractivity contribution < 1.29 is 23.4 Å². The van der Waals surface area contributed by atoms with Gasteiger partial charge in [-0.05, 0) is 26.1 Å². The smallest absolute Gasteiger partial charge is 0.319 e. The molecule has 6 rings (SSSR count). The number of pyridine rings is 1. The van der Waals surface area contributed by atoms with Crippen LogP contribution in [0, 0.1) is 12.7 Å². The van der Waals surface area contributed by atoms with Gasteiger partial charge < -0.3 is 24.0 Å². The summed E-state index contributed by atoms with van der Waals surface area (Å²) in [6, 6.07) is 3.25. The number of amides is 1. The molecule has 4 aromatic rings. The molecular weight excluding hydrogens is 567 g/mol. The third-order valence-electron chi connectivity index (χ3n) is 7.55. The van der Waals surface area contributed by atoms with Gasteiger partial charge in [0, 0.05) is 58.1 Å². The van der Waals surface area contributed by atoms with Gasteiger partial charge in [0.05, 0.1) is 22.5 Å². The van der Waals surface area contributed by atoms with E-state index < -0.39 is 5.82 Å². The maximum Gasteiger partial charge on any atom is 0.319 e. The van der Waals surface area contributed by atoms with Crippen LogP contribution in [0.3, 0.4) is 0 Å². The van der Waals surface area contributed by atoms with Crippen molar-refractivity contribution in [1.82, 2.24) is 34.9 Å². The normalized spacial score (nSPS) is 19.5.